The van der Waals surface area contributed by atoms with Crippen LogP contribution in [0.2, 0.25) is 0 Å². The molecule has 1 aromatic heterocycles. The average Bonchev–Trinajstić information content (AvgIpc) is 3.25. The Labute approximate surface area is 182 Å². The van der Waals surface area contributed by atoms with Gasteiger partial charge in [0.05, 0.1) is 5.69 Å². The molecule has 1 N–H and O–H groups in total. The number of rotatable bonds is 7. The molecule has 0 atom stereocenters. The standard InChI is InChI=1S/C25H25N5O/c1-29(2)18-17-19-13-15-21(16-14-19)26-25(31)23-27-24(20-9-5-3-6-10-20)30(28-23)22-11-7-4-8-12-22/h3-16H,17-18H2,1-2H3,(H,26,31). The van der Waals surface area contributed by atoms with Crippen LogP contribution in [-0.4, -0.2) is 46.2 Å². The minimum Gasteiger partial charge on any atom is -0.319 e. The van der Waals surface area contributed by atoms with Crippen molar-refractivity contribution in [1.82, 2.24) is 19.7 Å². The summed E-state index contributed by atoms with van der Waals surface area (Å²) >= 11 is 0. The summed E-state index contributed by atoms with van der Waals surface area (Å²) in [5, 5.41) is 7.41. The van der Waals surface area contributed by atoms with E-state index in [0.717, 1.165) is 29.9 Å². The third-order valence-corrected chi connectivity index (χ3v) is 4.90. The summed E-state index contributed by atoms with van der Waals surface area (Å²) < 4.78 is 1.70. The summed E-state index contributed by atoms with van der Waals surface area (Å²) in [5.74, 6) is 0.406. The van der Waals surface area contributed by atoms with Crippen LogP contribution in [0.5, 0.6) is 0 Å². The normalized spacial score (nSPS) is 10.9. The van der Waals surface area contributed by atoms with Gasteiger partial charge in [0.2, 0.25) is 5.82 Å². The van der Waals surface area contributed by atoms with Gasteiger partial charge in [-0.1, -0.05) is 60.7 Å². The number of aromatic nitrogens is 3. The number of benzene rings is 3. The van der Waals surface area contributed by atoms with Crippen molar-refractivity contribution in [3.8, 4) is 17.1 Å². The third-order valence-electron chi connectivity index (χ3n) is 4.90. The zero-order chi connectivity index (χ0) is 21.6. The van der Waals surface area contributed by atoms with Gasteiger partial charge in [0, 0.05) is 17.8 Å². The van der Waals surface area contributed by atoms with Gasteiger partial charge in [-0.15, -0.1) is 5.10 Å². The van der Waals surface area contributed by atoms with Crippen molar-refractivity contribution in [2.45, 2.75) is 6.42 Å². The van der Waals surface area contributed by atoms with Crippen molar-refractivity contribution in [3.63, 3.8) is 0 Å². The number of amides is 1. The van der Waals surface area contributed by atoms with E-state index >= 15 is 0 Å². The molecular weight excluding hydrogens is 386 g/mol. The van der Waals surface area contributed by atoms with Gasteiger partial charge in [-0.25, -0.2) is 9.67 Å². The second-order valence-electron chi connectivity index (χ2n) is 7.58. The summed E-state index contributed by atoms with van der Waals surface area (Å²) in [6, 6.07) is 27.3. The van der Waals surface area contributed by atoms with Crippen LogP contribution >= 0.6 is 0 Å². The lowest BCUT2D eigenvalue weighted by atomic mass is 10.1. The van der Waals surface area contributed by atoms with Crippen LogP contribution in [0.4, 0.5) is 5.69 Å². The number of hydrogen-bond acceptors (Lipinski definition) is 4. The lowest BCUT2D eigenvalue weighted by Crippen LogP contribution is -2.15. The SMILES string of the molecule is CN(C)CCc1ccc(NC(=O)c2nc(-c3ccccc3)n(-c3ccccc3)n2)cc1. The van der Waals surface area contributed by atoms with Crippen LogP contribution < -0.4 is 5.32 Å². The van der Waals surface area contributed by atoms with E-state index in [4.69, 9.17) is 0 Å². The van der Waals surface area contributed by atoms with Gasteiger partial charge in [0.1, 0.15) is 0 Å². The second-order valence-corrected chi connectivity index (χ2v) is 7.58. The van der Waals surface area contributed by atoms with Crippen LogP contribution in [0.1, 0.15) is 16.2 Å². The van der Waals surface area contributed by atoms with Crippen LogP contribution in [-0.2, 0) is 6.42 Å². The van der Waals surface area contributed by atoms with Crippen molar-refractivity contribution < 1.29 is 4.79 Å². The van der Waals surface area contributed by atoms with Crippen molar-refractivity contribution in [1.29, 1.82) is 0 Å². The third kappa shape index (κ3) is 5.05. The van der Waals surface area contributed by atoms with Gasteiger partial charge >= 0.3 is 0 Å². The van der Waals surface area contributed by atoms with Gasteiger partial charge in [-0.2, -0.15) is 0 Å². The van der Waals surface area contributed by atoms with Crippen molar-refractivity contribution in [3.05, 3.63) is 96.3 Å². The number of carbonyl (C=O) groups is 1. The number of likely N-dealkylation sites (N-methyl/N-ethyl adjacent to an activating group) is 1. The molecule has 0 saturated heterocycles. The second kappa shape index (κ2) is 9.36. The molecule has 0 bridgehead atoms. The average molecular weight is 412 g/mol. The van der Waals surface area contributed by atoms with E-state index in [1.165, 1.54) is 5.56 Å². The monoisotopic (exact) mass is 411 g/mol. The van der Waals surface area contributed by atoms with Crippen LogP contribution in [0.25, 0.3) is 17.1 Å². The molecule has 0 aliphatic rings. The van der Waals surface area contributed by atoms with E-state index in [1.54, 1.807) is 4.68 Å². The van der Waals surface area contributed by atoms with E-state index in [1.807, 2.05) is 84.9 Å². The first-order chi connectivity index (χ1) is 15.1. The molecule has 6 nitrogen and oxygen atoms in total. The van der Waals surface area contributed by atoms with Crippen molar-refractivity contribution in [2.75, 3.05) is 26.0 Å². The Morgan fingerprint density at radius 2 is 1.55 bits per heavy atom. The lowest BCUT2D eigenvalue weighted by Gasteiger charge is -2.09. The number of nitrogens with zero attached hydrogens (tertiary/aromatic N) is 4. The molecule has 0 saturated carbocycles. The molecule has 31 heavy (non-hydrogen) atoms. The Morgan fingerprint density at radius 1 is 0.903 bits per heavy atom. The maximum atomic E-state index is 12.9. The molecule has 4 rings (SSSR count). The fourth-order valence-electron chi connectivity index (χ4n) is 3.23. The van der Waals surface area contributed by atoms with E-state index < -0.39 is 0 Å². The number of nitrogens with one attached hydrogen (secondary N) is 1. The van der Waals surface area contributed by atoms with Crippen molar-refractivity contribution >= 4 is 11.6 Å². The zero-order valence-electron chi connectivity index (χ0n) is 17.7. The maximum absolute atomic E-state index is 12.9. The summed E-state index contributed by atoms with van der Waals surface area (Å²) in [6.07, 6.45) is 0.963. The van der Waals surface area contributed by atoms with Crippen LogP contribution in [0, 0.1) is 0 Å². The molecule has 156 valence electrons. The van der Waals surface area contributed by atoms with E-state index in [2.05, 4.69) is 34.4 Å². The number of para-hydroxylation sites is 1. The highest BCUT2D eigenvalue weighted by Crippen LogP contribution is 2.21. The minimum absolute atomic E-state index is 0.124. The molecule has 1 heterocycles. The minimum atomic E-state index is -0.340. The summed E-state index contributed by atoms with van der Waals surface area (Å²) in [4.78, 5) is 19.6. The molecule has 1 amide bonds. The van der Waals surface area contributed by atoms with Gasteiger partial charge in [-0.3, -0.25) is 4.79 Å². The van der Waals surface area contributed by atoms with Gasteiger partial charge in [-0.05, 0) is 50.3 Å². The Morgan fingerprint density at radius 3 is 2.19 bits per heavy atom. The molecule has 0 unspecified atom stereocenters. The zero-order valence-corrected chi connectivity index (χ0v) is 17.7. The number of anilines is 1. The highest BCUT2D eigenvalue weighted by atomic mass is 16.2. The molecule has 0 radical (unpaired) electrons. The first kappa shape index (κ1) is 20.5. The van der Waals surface area contributed by atoms with Gasteiger partial charge < -0.3 is 10.2 Å². The fraction of sp³-hybridized carbons (Fsp3) is 0.160. The summed E-state index contributed by atoms with van der Waals surface area (Å²) in [7, 11) is 4.11. The Hall–Kier alpha value is -3.77. The quantitative estimate of drug-likeness (QED) is 0.493. The van der Waals surface area contributed by atoms with E-state index in [-0.39, 0.29) is 11.7 Å². The largest absolute Gasteiger partial charge is 0.319 e. The van der Waals surface area contributed by atoms with Crippen molar-refractivity contribution in [2.24, 2.45) is 0 Å². The highest BCUT2D eigenvalue weighted by molar-refractivity contribution is 6.01. The Kier molecular flexibility index (Phi) is 6.19. The predicted octanol–water partition coefficient (Wildman–Crippen LogP) is 4.29. The maximum Gasteiger partial charge on any atom is 0.295 e. The topological polar surface area (TPSA) is 63.1 Å². The van der Waals surface area contributed by atoms with Crippen LogP contribution in [0.15, 0.2) is 84.9 Å². The Balaban J connectivity index is 1.58. The first-order valence-corrected chi connectivity index (χ1v) is 10.2. The molecule has 0 spiro atoms. The molecule has 4 aromatic rings. The molecular formula is C25H25N5O. The molecule has 0 fully saturated rings. The van der Waals surface area contributed by atoms with E-state index in [9.17, 15) is 4.79 Å². The molecule has 0 aliphatic heterocycles. The Bertz CT molecular complexity index is 1080. The molecule has 6 heteroatoms. The summed E-state index contributed by atoms with van der Waals surface area (Å²) in [5.41, 5.74) is 3.68. The number of hydrogen-bond donors (Lipinski definition) is 1. The molecule has 3 aromatic carbocycles. The van der Waals surface area contributed by atoms with Gasteiger partial charge in [0.15, 0.2) is 5.82 Å². The van der Waals surface area contributed by atoms with Gasteiger partial charge in [0.25, 0.3) is 5.91 Å². The highest BCUT2D eigenvalue weighted by Gasteiger charge is 2.18. The molecule has 0 aliphatic carbocycles. The summed E-state index contributed by atoms with van der Waals surface area (Å²) in [6.45, 7) is 0.981. The first-order valence-electron chi connectivity index (χ1n) is 10.2. The lowest BCUT2D eigenvalue weighted by molar-refractivity contribution is 0.101. The van der Waals surface area contributed by atoms with Crippen LogP contribution in [0.3, 0.4) is 0 Å². The predicted molar refractivity (Wildman–Crippen MR) is 123 cm³/mol. The fourth-order valence-corrected chi connectivity index (χ4v) is 3.23. The van der Waals surface area contributed by atoms with E-state index in [0.29, 0.717) is 5.82 Å². The smallest absolute Gasteiger partial charge is 0.295 e. The number of carbonyl (C=O) groups excluding carboxylic acids is 1.